The van der Waals surface area contributed by atoms with Crippen molar-refractivity contribution < 1.29 is 4.79 Å². The third-order valence-corrected chi connectivity index (χ3v) is 3.58. The summed E-state index contributed by atoms with van der Waals surface area (Å²) in [4.78, 5) is 11.8. The molecule has 1 amide bonds. The summed E-state index contributed by atoms with van der Waals surface area (Å²) in [7, 11) is 0. The standard InChI is InChI=1S/C15H12ClNO/c16-13-8-4-3-7-12(13)15-11-6-2-1-5-10(11)9-14(18)17-15/h1-8,15H,9H2,(H,17,18)/t15-/m0/s1. The van der Waals surface area contributed by atoms with Gasteiger partial charge in [0.15, 0.2) is 0 Å². The highest BCUT2D eigenvalue weighted by molar-refractivity contribution is 6.31. The maximum absolute atomic E-state index is 11.8. The number of rotatable bonds is 1. The van der Waals surface area contributed by atoms with Gasteiger partial charge >= 0.3 is 0 Å². The monoisotopic (exact) mass is 257 g/mol. The highest BCUT2D eigenvalue weighted by atomic mass is 35.5. The van der Waals surface area contributed by atoms with Crippen molar-refractivity contribution >= 4 is 17.5 Å². The van der Waals surface area contributed by atoms with Crippen molar-refractivity contribution in [3.63, 3.8) is 0 Å². The van der Waals surface area contributed by atoms with Gasteiger partial charge < -0.3 is 5.32 Å². The zero-order chi connectivity index (χ0) is 12.5. The molecule has 0 saturated heterocycles. The van der Waals surface area contributed by atoms with Crippen molar-refractivity contribution in [1.29, 1.82) is 0 Å². The molecular weight excluding hydrogens is 246 g/mol. The summed E-state index contributed by atoms with van der Waals surface area (Å²) in [5.74, 6) is 0.0404. The zero-order valence-corrected chi connectivity index (χ0v) is 10.4. The molecule has 0 aliphatic carbocycles. The van der Waals surface area contributed by atoms with E-state index in [1.54, 1.807) is 0 Å². The molecule has 1 aliphatic heterocycles. The van der Waals surface area contributed by atoms with E-state index in [-0.39, 0.29) is 11.9 Å². The van der Waals surface area contributed by atoms with Crippen LogP contribution in [0.25, 0.3) is 0 Å². The van der Waals surface area contributed by atoms with Gasteiger partial charge in [0.05, 0.1) is 12.5 Å². The molecule has 0 saturated carbocycles. The van der Waals surface area contributed by atoms with Gasteiger partial charge in [-0.25, -0.2) is 0 Å². The first-order chi connectivity index (χ1) is 8.75. The number of fused-ring (bicyclic) bond motifs is 1. The summed E-state index contributed by atoms with van der Waals surface area (Å²) < 4.78 is 0. The van der Waals surface area contributed by atoms with E-state index in [0.29, 0.717) is 11.4 Å². The van der Waals surface area contributed by atoms with Gasteiger partial charge in [-0.1, -0.05) is 54.1 Å². The van der Waals surface area contributed by atoms with Gasteiger partial charge in [-0.3, -0.25) is 4.79 Å². The van der Waals surface area contributed by atoms with Crippen LogP contribution in [0.2, 0.25) is 5.02 Å². The average molecular weight is 258 g/mol. The predicted octanol–water partition coefficient (Wildman–Crippen LogP) is 3.10. The Morgan fingerprint density at radius 1 is 1.00 bits per heavy atom. The van der Waals surface area contributed by atoms with Gasteiger partial charge in [-0.15, -0.1) is 0 Å². The quantitative estimate of drug-likeness (QED) is 0.836. The van der Waals surface area contributed by atoms with Crippen molar-refractivity contribution in [2.75, 3.05) is 0 Å². The lowest BCUT2D eigenvalue weighted by Gasteiger charge is -2.27. The van der Waals surface area contributed by atoms with Crippen LogP contribution in [0.4, 0.5) is 0 Å². The van der Waals surface area contributed by atoms with Crippen LogP contribution < -0.4 is 5.32 Å². The van der Waals surface area contributed by atoms with Crippen molar-refractivity contribution in [1.82, 2.24) is 5.32 Å². The summed E-state index contributed by atoms with van der Waals surface area (Å²) in [6, 6.07) is 15.5. The van der Waals surface area contributed by atoms with Gasteiger partial charge in [0.25, 0.3) is 0 Å². The molecule has 3 heteroatoms. The third-order valence-electron chi connectivity index (χ3n) is 3.24. The molecule has 1 heterocycles. The van der Waals surface area contributed by atoms with Crippen molar-refractivity contribution in [2.45, 2.75) is 12.5 Å². The molecule has 2 aromatic rings. The minimum Gasteiger partial charge on any atom is -0.345 e. The predicted molar refractivity (Wildman–Crippen MR) is 71.6 cm³/mol. The lowest BCUT2D eigenvalue weighted by molar-refractivity contribution is -0.121. The van der Waals surface area contributed by atoms with E-state index in [0.717, 1.165) is 16.7 Å². The summed E-state index contributed by atoms with van der Waals surface area (Å²) in [6.07, 6.45) is 0.442. The van der Waals surface area contributed by atoms with Crippen molar-refractivity contribution in [3.05, 3.63) is 70.2 Å². The molecule has 0 radical (unpaired) electrons. The second kappa shape index (κ2) is 4.46. The molecule has 1 atom stereocenters. The smallest absolute Gasteiger partial charge is 0.225 e. The number of hydrogen-bond acceptors (Lipinski definition) is 1. The minimum absolute atomic E-state index is 0.0404. The van der Waals surface area contributed by atoms with Crippen LogP contribution in [-0.4, -0.2) is 5.91 Å². The van der Waals surface area contributed by atoms with Gasteiger partial charge in [0, 0.05) is 5.02 Å². The number of halogens is 1. The molecule has 90 valence electrons. The first-order valence-electron chi connectivity index (χ1n) is 5.87. The average Bonchev–Trinajstić information content (AvgIpc) is 2.38. The minimum atomic E-state index is -0.142. The molecule has 18 heavy (non-hydrogen) atoms. The maximum atomic E-state index is 11.8. The van der Waals surface area contributed by atoms with E-state index >= 15 is 0 Å². The Bertz CT molecular complexity index is 609. The van der Waals surface area contributed by atoms with E-state index in [9.17, 15) is 4.79 Å². The zero-order valence-electron chi connectivity index (χ0n) is 9.69. The van der Waals surface area contributed by atoms with Crippen LogP contribution in [-0.2, 0) is 11.2 Å². The van der Waals surface area contributed by atoms with Gasteiger partial charge in [0.1, 0.15) is 0 Å². The topological polar surface area (TPSA) is 29.1 Å². The van der Waals surface area contributed by atoms with Crippen LogP contribution in [0.5, 0.6) is 0 Å². The van der Waals surface area contributed by atoms with E-state index in [1.807, 2.05) is 48.5 Å². The first-order valence-corrected chi connectivity index (χ1v) is 6.25. The van der Waals surface area contributed by atoms with Gasteiger partial charge in [0.2, 0.25) is 5.91 Å². The summed E-state index contributed by atoms with van der Waals surface area (Å²) in [5, 5.41) is 3.69. The Hall–Kier alpha value is -1.80. The number of carbonyl (C=O) groups is 1. The number of hydrogen-bond donors (Lipinski definition) is 1. The Kier molecular flexibility index (Phi) is 2.80. The van der Waals surface area contributed by atoms with E-state index < -0.39 is 0 Å². The normalized spacial score (nSPS) is 18.1. The SMILES string of the molecule is O=C1Cc2ccccc2[C@@H](c2ccccc2Cl)N1. The van der Waals surface area contributed by atoms with Crippen LogP contribution in [0.1, 0.15) is 22.7 Å². The van der Waals surface area contributed by atoms with Gasteiger partial charge in [-0.2, -0.15) is 0 Å². The molecular formula is C15H12ClNO. The fraction of sp³-hybridized carbons (Fsp3) is 0.133. The largest absolute Gasteiger partial charge is 0.345 e. The molecule has 1 aliphatic rings. The Labute approximate surface area is 111 Å². The van der Waals surface area contributed by atoms with Crippen molar-refractivity contribution in [2.24, 2.45) is 0 Å². The number of benzene rings is 2. The van der Waals surface area contributed by atoms with Crippen LogP contribution in [0, 0.1) is 0 Å². The Morgan fingerprint density at radius 3 is 2.44 bits per heavy atom. The van der Waals surface area contributed by atoms with Crippen molar-refractivity contribution in [3.8, 4) is 0 Å². The molecule has 3 rings (SSSR count). The number of nitrogens with one attached hydrogen (secondary N) is 1. The second-order valence-corrected chi connectivity index (χ2v) is 4.80. The van der Waals surface area contributed by atoms with E-state index in [2.05, 4.69) is 5.32 Å². The molecule has 2 aromatic carbocycles. The van der Waals surface area contributed by atoms with Crippen LogP contribution in [0.3, 0.4) is 0 Å². The molecule has 0 unspecified atom stereocenters. The molecule has 1 N–H and O–H groups in total. The van der Waals surface area contributed by atoms with Crippen LogP contribution >= 0.6 is 11.6 Å². The first kappa shape index (κ1) is 11.3. The van der Waals surface area contributed by atoms with E-state index in [1.165, 1.54) is 0 Å². The molecule has 0 fully saturated rings. The maximum Gasteiger partial charge on any atom is 0.225 e. The lowest BCUT2D eigenvalue weighted by atomic mass is 9.89. The molecule has 2 nitrogen and oxygen atoms in total. The van der Waals surface area contributed by atoms with E-state index in [4.69, 9.17) is 11.6 Å². The lowest BCUT2D eigenvalue weighted by Crippen LogP contribution is -2.35. The molecule has 0 bridgehead atoms. The Balaban J connectivity index is 2.13. The second-order valence-electron chi connectivity index (χ2n) is 4.40. The summed E-state index contributed by atoms with van der Waals surface area (Å²) in [5.41, 5.74) is 3.15. The fourth-order valence-electron chi connectivity index (χ4n) is 2.39. The Morgan fingerprint density at radius 2 is 1.67 bits per heavy atom. The number of amides is 1. The third kappa shape index (κ3) is 1.89. The highest BCUT2D eigenvalue weighted by Gasteiger charge is 2.26. The fourth-order valence-corrected chi connectivity index (χ4v) is 2.64. The van der Waals surface area contributed by atoms with Crippen LogP contribution in [0.15, 0.2) is 48.5 Å². The summed E-state index contributed by atoms with van der Waals surface area (Å²) in [6.45, 7) is 0. The summed E-state index contributed by atoms with van der Waals surface area (Å²) >= 11 is 6.22. The molecule has 0 aromatic heterocycles. The number of carbonyl (C=O) groups excluding carboxylic acids is 1. The highest BCUT2D eigenvalue weighted by Crippen LogP contribution is 2.32. The van der Waals surface area contributed by atoms with Gasteiger partial charge in [-0.05, 0) is 22.8 Å². The molecule has 0 spiro atoms.